The molecule has 26 heavy (non-hydrogen) atoms. The van der Waals surface area contributed by atoms with E-state index in [2.05, 4.69) is 13.8 Å². The Labute approximate surface area is 155 Å². The summed E-state index contributed by atoms with van der Waals surface area (Å²) >= 11 is 0. The maximum atomic E-state index is 12.6. The third-order valence-electron chi connectivity index (χ3n) is 8.42. The lowest BCUT2D eigenvalue weighted by Gasteiger charge is -2.51. The molecule has 144 valence electrons. The lowest BCUT2D eigenvalue weighted by Crippen LogP contribution is -2.59. The molecule has 5 aliphatic rings. The van der Waals surface area contributed by atoms with Crippen LogP contribution >= 0.6 is 0 Å². The Hall–Kier alpha value is -0.940. The smallest absolute Gasteiger partial charge is 0.309 e. The average Bonchev–Trinajstić information content (AvgIpc) is 3.50. The molecule has 5 fully saturated rings. The van der Waals surface area contributed by atoms with E-state index in [1.807, 2.05) is 6.92 Å². The zero-order valence-corrected chi connectivity index (χ0v) is 16.0. The molecule has 2 saturated heterocycles. The second kappa shape index (κ2) is 5.54. The molecule has 2 heterocycles. The SMILES string of the molecule is CCOC(=O)[C@@H]1CCCC1C1C(CC)[C@@]2(C)CCC(=O)C3OC32[C@H]2O[C@@H]12. The second-order valence-corrected chi connectivity index (χ2v) is 9.24. The minimum Gasteiger partial charge on any atom is -0.466 e. The van der Waals surface area contributed by atoms with E-state index >= 15 is 0 Å². The van der Waals surface area contributed by atoms with E-state index in [0.717, 1.165) is 32.1 Å². The molecular formula is C21H30O5. The van der Waals surface area contributed by atoms with Crippen LogP contribution in [0.15, 0.2) is 0 Å². The number of carbonyl (C=O) groups excluding carboxylic acids is 2. The van der Waals surface area contributed by atoms with Crippen LogP contribution in [0, 0.1) is 29.1 Å². The molecular weight excluding hydrogens is 332 g/mol. The molecule has 5 rings (SSSR count). The molecule has 0 aromatic rings. The molecule has 5 heteroatoms. The summed E-state index contributed by atoms with van der Waals surface area (Å²) in [6.45, 7) is 6.91. The Morgan fingerprint density at radius 1 is 1.31 bits per heavy atom. The fraction of sp³-hybridized carbons (Fsp3) is 0.905. The van der Waals surface area contributed by atoms with Crippen LogP contribution < -0.4 is 0 Å². The van der Waals surface area contributed by atoms with E-state index in [9.17, 15) is 9.59 Å². The van der Waals surface area contributed by atoms with Crippen LogP contribution in [0.5, 0.6) is 0 Å². The van der Waals surface area contributed by atoms with Crippen LogP contribution in [-0.4, -0.2) is 42.3 Å². The molecule has 0 bridgehead atoms. The van der Waals surface area contributed by atoms with Crippen molar-refractivity contribution in [2.24, 2.45) is 29.1 Å². The van der Waals surface area contributed by atoms with Gasteiger partial charge in [-0.1, -0.05) is 26.7 Å². The molecule has 1 spiro atoms. The Morgan fingerprint density at radius 3 is 2.85 bits per heavy atom. The summed E-state index contributed by atoms with van der Waals surface area (Å²) in [5, 5.41) is 0. The van der Waals surface area contributed by atoms with Crippen molar-refractivity contribution < 1.29 is 23.8 Å². The van der Waals surface area contributed by atoms with Gasteiger partial charge in [0.05, 0.1) is 18.6 Å². The summed E-state index contributed by atoms with van der Waals surface area (Å²) in [4.78, 5) is 24.9. The van der Waals surface area contributed by atoms with E-state index in [0.29, 0.717) is 30.8 Å². The summed E-state index contributed by atoms with van der Waals surface area (Å²) in [6, 6.07) is 0. The first-order chi connectivity index (χ1) is 12.5. The number of ether oxygens (including phenoxy) is 3. The Morgan fingerprint density at radius 2 is 2.12 bits per heavy atom. The van der Waals surface area contributed by atoms with Gasteiger partial charge in [-0.05, 0) is 43.9 Å². The van der Waals surface area contributed by atoms with Crippen LogP contribution in [0.4, 0.5) is 0 Å². The van der Waals surface area contributed by atoms with Crippen molar-refractivity contribution in [3.8, 4) is 0 Å². The van der Waals surface area contributed by atoms with Crippen molar-refractivity contribution in [3.05, 3.63) is 0 Å². The number of fused-ring (bicyclic) bond motifs is 1. The Bertz CT molecular complexity index is 646. The highest BCUT2D eigenvalue weighted by Gasteiger charge is 2.85. The number of carbonyl (C=O) groups is 2. The Balaban J connectivity index is 1.48. The van der Waals surface area contributed by atoms with Crippen molar-refractivity contribution >= 4 is 11.8 Å². The number of hydrogen-bond acceptors (Lipinski definition) is 5. The Kier molecular flexibility index (Phi) is 3.66. The third kappa shape index (κ3) is 1.94. The quantitative estimate of drug-likeness (QED) is 0.568. The fourth-order valence-corrected chi connectivity index (χ4v) is 7.30. The predicted molar refractivity (Wildman–Crippen MR) is 93.3 cm³/mol. The van der Waals surface area contributed by atoms with Crippen LogP contribution in [-0.2, 0) is 23.8 Å². The first-order valence-corrected chi connectivity index (χ1v) is 10.5. The van der Waals surface area contributed by atoms with E-state index in [-0.39, 0.29) is 47.0 Å². The second-order valence-electron chi connectivity index (χ2n) is 9.24. The fourth-order valence-electron chi connectivity index (χ4n) is 7.30. The highest BCUT2D eigenvalue weighted by molar-refractivity contribution is 5.89. The van der Waals surface area contributed by atoms with Gasteiger partial charge in [0.1, 0.15) is 17.8 Å². The molecule has 2 aliphatic heterocycles. The van der Waals surface area contributed by atoms with Gasteiger partial charge in [0.15, 0.2) is 5.78 Å². The topological polar surface area (TPSA) is 68.4 Å². The maximum absolute atomic E-state index is 12.6. The molecule has 0 aromatic carbocycles. The molecule has 0 radical (unpaired) electrons. The van der Waals surface area contributed by atoms with Crippen LogP contribution in [0.2, 0.25) is 0 Å². The van der Waals surface area contributed by atoms with Gasteiger partial charge in [-0.3, -0.25) is 9.59 Å². The van der Waals surface area contributed by atoms with Gasteiger partial charge < -0.3 is 14.2 Å². The third-order valence-corrected chi connectivity index (χ3v) is 8.42. The number of hydrogen-bond donors (Lipinski definition) is 0. The lowest BCUT2D eigenvalue weighted by molar-refractivity contribution is -0.151. The van der Waals surface area contributed by atoms with Crippen molar-refractivity contribution in [3.63, 3.8) is 0 Å². The molecule has 5 nitrogen and oxygen atoms in total. The molecule has 3 aliphatic carbocycles. The van der Waals surface area contributed by atoms with Crippen LogP contribution in [0.25, 0.3) is 0 Å². The van der Waals surface area contributed by atoms with Crippen LogP contribution in [0.3, 0.4) is 0 Å². The van der Waals surface area contributed by atoms with Crippen molar-refractivity contribution in [2.45, 2.75) is 83.2 Å². The maximum Gasteiger partial charge on any atom is 0.309 e. The number of Topliss-reactive ketones (excluding diaryl/α,β-unsaturated/α-hetero) is 1. The largest absolute Gasteiger partial charge is 0.466 e. The van der Waals surface area contributed by atoms with E-state index in [1.54, 1.807) is 0 Å². The van der Waals surface area contributed by atoms with Gasteiger partial charge in [-0.25, -0.2) is 0 Å². The minimum atomic E-state index is -0.373. The molecule has 3 saturated carbocycles. The summed E-state index contributed by atoms with van der Waals surface area (Å²) in [6.07, 6.45) is 5.65. The standard InChI is InChI=1S/C21H30O5/c1-4-13-15(11-7-6-8-12(11)19(23)24-5-2)16-18(25-16)21-17(26-21)14(22)9-10-20(13,21)3/h11-13,15-18H,4-10H2,1-3H3/t11?,12-,13?,15?,16+,17?,18+,20-,21?/m1/s1. The van der Waals surface area contributed by atoms with E-state index < -0.39 is 0 Å². The average molecular weight is 362 g/mol. The molecule has 0 N–H and O–H groups in total. The van der Waals surface area contributed by atoms with Crippen molar-refractivity contribution in [1.82, 2.24) is 0 Å². The molecule has 5 unspecified atom stereocenters. The highest BCUT2D eigenvalue weighted by atomic mass is 16.7. The molecule has 9 atom stereocenters. The van der Waals surface area contributed by atoms with Gasteiger partial charge in [-0.2, -0.15) is 0 Å². The van der Waals surface area contributed by atoms with Gasteiger partial charge in [0, 0.05) is 11.8 Å². The zero-order valence-electron chi connectivity index (χ0n) is 16.0. The number of ketones is 1. The summed E-state index contributed by atoms with van der Waals surface area (Å²) in [5.41, 5.74) is -0.396. The van der Waals surface area contributed by atoms with Gasteiger partial charge in [0.2, 0.25) is 0 Å². The summed E-state index contributed by atoms with van der Waals surface area (Å²) in [7, 11) is 0. The molecule has 0 aromatic heterocycles. The summed E-state index contributed by atoms with van der Waals surface area (Å²) in [5.74, 6) is 1.41. The van der Waals surface area contributed by atoms with Crippen molar-refractivity contribution in [2.75, 3.05) is 6.61 Å². The highest BCUT2D eigenvalue weighted by Crippen LogP contribution is 2.73. The first kappa shape index (κ1) is 17.2. The first-order valence-electron chi connectivity index (χ1n) is 10.5. The van der Waals surface area contributed by atoms with Gasteiger partial charge in [0.25, 0.3) is 0 Å². The lowest BCUT2D eigenvalue weighted by atomic mass is 9.49. The van der Waals surface area contributed by atoms with Crippen LogP contribution in [0.1, 0.15) is 59.3 Å². The van der Waals surface area contributed by atoms with E-state index in [1.165, 1.54) is 0 Å². The predicted octanol–water partition coefficient (Wildman–Crippen LogP) is 2.90. The molecule has 0 amide bonds. The normalized spacial score (nSPS) is 54.1. The number of esters is 1. The number of rotatable bonds is 4. The van der Waals surface area contributed by atoms with Crippen molar-refractivity contribution in [1.29, 1.82) is 0 Å². The zero-order chi connectivity index (χ0) is 18.3. The summed E-state index contributed by atoms with van der Waals surface area (Å²) < 4.78 is 17.7. The van der Waals surface area contributed by atoms with Gasteiger partial charge >= 0.3 is 5.97 Å². The van der Waals surface area contributed by atoms with Gasteiger partial charge in [-0.15, -0.1) is 0 Å². The number of epoxide rings is 2. The monoisotopic (exact) mass is 362 g/mol. The minimum absolute atomic E-state index is 0.0117. The van der Waals surface area contributed by atoms with E-state index in [4.69, 9.17) is 14.2 Å².